The highest BCUT2D eigenvalue weighted by Crippen LogP contribution is 2.38. The third kappa shape index (κ3) is 3.13. The molecule has 6 N–H and O–H groups in total. The fraction of sp³-hybridized carbons (Fsp3) is 0.500. The molecule has 3 rings (SSSR count). The van der Waals surface area contributed by atoms with Crippen LogP contribution in [0.25, 0.3) is 11.2 Å². The third-order valence-corrected chi connectivity index (χ3v) is 3.92. The molecule has 0 spiro atoms. The van der Waals surface area contributed by atoms with Crippen LogP contribution < -0.4 is 11.4 Å². The quantitative estimate of drug-likeness (QED) is 0.406. The lowest BCUT2D eigenvalue weighted by Crippen LogP contribution is -2.26. The minimum atomic E-state index is -4.68. The van der Waals surface area contributed by atoms with Crippen LogP contribution in [0, 0.1) is 0 Å². The molecule has 0 radical (unpaired) electrons. The summed E-state index contributed by atoms with van der Waals surface area (Å²) in [4.78, 5) is 39.7. The van der Waals surface area contributed by atoms with Gasteiger partial charge in [0.25, 0.3) is 0 Å². The molecule has 1 aliphatic heterocycles. The van der Waals surface area contributed by atoms with Crippen molar-refractivity contribution in [1.82, 2.24) is 19.5 Å². The van der Waals surface area contributed by atoms with Crippen molar-refractivity contribution in [2.24, 2.45) is 0 Å². The molecular formula is C10H14N5O7P. The Morgan fingerprint density at radius 2 is 2.26 bits per heavy atom. The number of anilines is 1. The summed E-state index contributed by atoms with van der Waals surface area (Å²) in [6.45, 7) is -0.518. The van der Waals surface area contributed by atoms with E-state index in [0.717, 1.165) is 4.57 Å². The van der Waals surface area contributed by atoms with E-state index in [-0.39, 0.29) is 23.4 Å². The summed E-state index contributed by atoms with van der Waals surface area (Å²) < 4.78 is 21.7. The van der Waals surface area contributed by atoms with E-state index in [1.54, 1.807) is 0 Å². The standard InChI is InChI=1S/C10H14N5O7P/c11-8-7-9(13-3-12-8)15(10(17)14-7)6-1-4(16)5(22-6)2-21-23(18,19)20/h3-6,16H,1-2H2,(H,14,17)(H2,11,12,13)(H2,18,19,20)/t4-,5+,6+/m0/s1. The molecule has 0 aromatic carbocycles. The molecule has 0 bridgehead atoms. The van der Waals surface area contributed by atoms with Crippen LogP contribution in [0.4, 0.5) is 5.82 Å². The van der Waals surface area contributed by atoms with Crippen LogP contribution in [0.3, 0.4) is 0 Å². The Morgan fingerprint density at radius 1 is 1.52 bits per heavy atom. The highest BCUT2D eigenvalue weighted by molar-refractivity contribution is 7.46. The van der Waals surface area contributed by atoms with Gasteiger partial charge in [0.05, 0.1) is 12.7 Å². The maximum absolute atomic E-state index is 12.1. The summed E-state index contributed by atoms with van der Waals surface area (Å²) in [6, 6.07) is 0. The van der Waals surface area contributed by atoms with Crippen molar-refractivity contribution in [3.63, 3.8) is 0 Å². The molecule has 0 aliphatic carbocycles. The Balaban J connectivity index is 1.87. The van der Waals surface area contributed by atoms with Gasteiger partial charge in [-0.25, -0.2) is 23.9 Å². The van der Waals surface area contributed by atoms with Crippen LogP contribution >= 0.6 is 7.82 Å². The summed E-state index contributed by atoms with van der Waals surface area (Å²) in [7, 11) is -4.68. The van der Waals surface area contributed by atoms with Crippen LogP contribution in [0.15, 0.2) is 11.1 Å². The van der Waals surface area contributed by atoms with Crippen LogP contribution in [0.5, 0.6) is 0 Å². The van der Waals surface area contributed by atoms with E-state index in [0.29, 0.717) is 0 Å². The van der Waals surface area contributed by atoms with Crippen molar-refractivity contribution in [3.8, 4) is 0 Å². The van der Waals surface area contributed by atoms with E-state index in [1.807, 2.05) is 0 Å². The first-order valence-electron chi connectivity index (χ1n) is 6.50. The monoisotopic (exact) mass is 347 g/mol. The molecule has 23 heavy (non-hydrogen) atoms. The molecule has 1 aliphatic rings. The van der Waals surface area contributed by atoms with E-state index in [2.05, 4.69) is 19.5 Å². The Kier molecular flexibility index (Phi) is 3.96. The molecule has 3 atom stereocenters. The normalized spacial score (nSPS) is 25.3. The van der Waals surface area contributed by atoms with Crippen LogP contribution in [0.2, 0.25) is 0 Å². The van der Waals surface area contributed by atoms with E-state index in [4.69, 9.17) is 20.3 Å². The van der Waals surface area contributed by atoms with Gasteiger partial charge in [0, 0.05) is 6.42 Å². The molecule has 126 valence electrons. The lowest BCUT2D eigenvalue weighted by atomic mass is 10.2. The topological polar surface area (TPSA) is 186 Å². The molecule has 0 saturated carbocycles. The fourth-order valence-corrected chi connectivity index (χ4v) is 2.76. The molecule has 3 heterocycles. The van der Waals surface area contributed by atoms with Crippen molar-refractivity contribution in [2.75, 3.05) is 12.3 Å². The molecule has 12 nitrogen and oxygen atoms in total. The number of H-pyrrole nitrogens is 1. The number of hydrogen-bond donors (Lipinski definition) is 5. The number of aromatic nitrogens is 4. The number of nitrogens with one attached hydrogen (secondary N) is 1. The van der Waals surface area contributed by atoms with E-state index < -0.39 is 38.6 Å². The van der Waals surface area contributed by atoms with Crippen molar-refractivity contribution in [3.05, 3.63) is 16.8 Å². The number of nitrogens with two attached hydrogens (primary N) is 1. The number of ether oxygens (including phenoxy) is 1. The number of hydrogen-bond acceptors (Lipinski definition) is 8. The average Bonchev–Trinajstić information content (AvgIpc) is 2.96. The maximum Gasteiger partial charge on any atom is 0.469 e. The second-order valence-corrected chi connectivity index (χ2v) is 6.22. The largest absolute Gasteiger partial charge is 0.469 e. The van der Waals surface area contributed by atoms with Crippen molar-refractivity contribution < 1.29 is 28.7 Å². The summed E-state index contributed by atoms with van der Waals surface area (Å²) in [5.74, 6) is 0.0887. The summed E-state index contributed by atoms with van der Waals surface area (Å²) in [5, 5.41) is 9.93. The number of phosphoric ester groups is 1. The number of phosphoric acid groups is 1. The predicted molar refractivity (Wildman–Crippen MR) is 75.1 cm³/mol. The number of nitrogen functional groups attached to an aromatic ring is 1. The number of aromatic amines is 1. The van der Waals surface area contributed by atoms with Crippen molar-refractivity contribution in [1.29, 1.82) is 0 Å². The third-order valence-electron chi connectivity index (χ3n) is 3.43. The molecule has 0 unspecified atom stereocenters. The Morgan fingerprint density at radius 3 is 2.96 bits per heavy atom. The highest BCUT2D eigenvalue weighted by atomic mass is 31.2. The minimum absolute atomic E-state index is 0.0198. The van der Waals surface area contributed by atoms with Gasteiger partial charge in [-0.05, 0) is 0 Å². The first-order chi connectivity index (χ1) is 10.8. The molecule has 0 amide bonds. The van der Waals surface area contributed by atoms with Gasteiger partial charge in [-0.15, -0.1) is 0 Å². The Hall–Kier alpha value is -1.82. The zero-order chi connectivity index (χ0) is 16.8. The molecular weight excluding hydrogens is 333 g/mol. The van der Waals surface area contributed by atoms with Gasteiger partial charge >= 0.3 is 13.5 Å². The van der Waals surface area contributed by atoms with Gasteiger partial charge in [0.2, 0.25) is 0 Å². The summed E-state index contributed by atoms with van der Waals surface area (Å²) >= 11 is 0. The summed E-state index contributed by atoms with van der Waals surface area (Å²) in [6.07, 6.45) is -1.75. The lowest BCUT2D eigenvalue weighted by molar-refractivity contribution is -0.0433. The van der Waals surface area contributed by atoms with E-state index in [1.165, 1.54) is 6.33 Å². The number of aliphatic hydroxyl groups is 1. The molecule has 1 fully saturated rings. The number of fused-ring (bicyclic) bond motifs is 1. The van der Waals surface area contributed by atoms with Gasteiger partial charge in [-0.3, -0.25) is 4.52 Å². The second kappa shape index (κ2) is 5.67. The highest BCUT2D eigenvalue weighted by Gasteiger charge is 2.38. The van der Waals surface area contributed by atoms with Crippen molar-refractivity contribution >= 4 is 24.8 Å². The molecule has 2 aromatic rings. The fourth-order valence-electron chi connectivity index (χ4n) is 2.42. The van der Waals surface area contributed by atoms with Gasteiger partial charge in [-0.2, -0.15) is 0 Å². The van der Waals surface area contributed by atoms with E-state index >= 15 is 0 Å². The molecule has 13 heteroatoms. The SMILES string of the molecule is Nc1ncnc2c1[nH]c(=O)n2[C@H]1C[C@H](O)[C@@H](COP(=O)(O)O)O1. The Bertz CT molecular complexity index is 829. The number of rotatable bonds is 4. The van der Waals surface area contributed by atoms with Crippen molar-refractivity contribution in [2.45, 2.75) is 24.9 Å². The minimum Gasteiger partial charge on any atom is -0.390 e. The second-order valence-electron chi connectivity index (χ2n) is 4.98. The van der Waals surface area contributed by atoms with Crippen LogP contribution in [-0.2, 0) is 13.8 Å². The van der Waals surface area contributed by atoms with Crippen LogP contribution in [-0.4, -0.2) is 53.2 Å². The van der Waals surface area contributed by atoms with Gasteiger partial charge in [0.1, 0.15) is 24.2 Å². The smallest absolute Gasteiger partial charge is 0.390 e. The first-order valence-corrected chi connectivity index (χ1v) is 8.03. The zero-order valence-corrected chi connectivity index (χ0v) is 12.5. The van der Waals surface area contributed by atoms with Gasteiger partial charge in [-0.1, -0.05) is 0 Å². The van der Waals surface area contributed by atoms with Gasteiger partial charge < -0.3 is 30.3 Å². The molecule has 1 saturated heterocycles. The number of imidazole rings is 1. The molecule has 2 aromatic heterocycles. The number of nitrogens with zero attached hydrogens (tertiary/aromatic N) is 3. The van der Waals surface area contributed by atoms with Gasteiger partial charge in [0.15, 0.2) is 11.5 Å². The maximum atomic E-state index is 12.1. The first kappa shape index (κ1) is 16.1. The predicted octanol–water partition coefficient (Wildman–Crippen LogP) is -1.54. The average molecular weight is 347 g/mol. The lowest BCUT2D eigenvalue weighted by Gasteiger charge is -2.15. The number of aliphatic hydroxyl groups excluding tert-OH is 1. The Labute approximate surface area is 128 Å². The van der Waals surface area contributed by atoms with E-state index in [9.17, 15) is 14.5 Å². The zero-order valence-electron chi connectivity index (χ0n) is 11.6. The summed E-state index contributed by atoms with van der Waals surface area (Å²) in [5.41, 5.74) is 5.55. The van der Waals surface area contributed by atoms with Crippen LogP contribution in [0.1, 0.15) is 12.6 Å².